The Morgan fingerprint density at radius 3 is 2.12 bits per heavy atom. The molecule has 0 bridgehead atoms. The summed E-state index contributed by atoms with van der Waals surface area (Å²) >= 11 is 0. The molecule has 1 aromatic carbocycles. The molecule has 0 heterocycles. The van der Waals surface area contributed by atoms with E-state index in [1.807, 2.05) is 45.9 Å². The molecule has 4 N–H and O–H groups in total. The van der Waals surface area contributed by atoms with Gasteiger partial charge in [0.2, 0.25) is 11.8 Å². The molecule has 0 aliphatic carbocycles. The smallest absolute Gasteiger partial charge is 0.224 e. The molecule has 0 aliphatic heterocycles. The van der Waals surface area contributed by atoms with Crippen molar-refractivity contribution in [3.8, 4) is 11.5 Å². The molecule has 1 rings (SSSR count). The van der Waals surface area contributed by atoms with Crippen molar-refractivity contribution >= 4 is 24.2 Å². The predicted octanol–water partition coefficient (Wildman–Crippen LogP) is 4.71. The largest absolute Gasteiger partial charge is 0.493 e. The Morgan fingerprint density at radius 2 is 1.60 bits per heavy atom. The van der Waals surface area contributed by atoms with Crippen LogP contribution in [0.3, 0.4) is 0 Å². The minimum Gasteiger partial charge on any atom is -0.493 e. The molecule has 0 radical (unpaired) electrons. The summed E-state index contributed by atoms with van der Waals surface area (Å²) in [6.45, 7) is 13.4. The normalized spacial score (nSPS) is 15.0. The van der Waals surface area contributed by atoms with E-state index in [2.05, 4.69) is 19.2 Å². The first-order valence-corrected chi connectivity index (χ1v) is 15.4. The maximum absolute atomic E-state index is 13.4. The summed E-state index contributed by atoms with van der Waals surface area (Å²) in [6, 6.07) is 5.24. The topological polar surface area (TPSA) is 123 Å². The number of carbonyl (C=O) groups is 2. The van der Waals surface area contributed by atoms with Gasteiger partial charge in [0.1, 0.15) is 0 Å². The van der Waals surface area contributed by atoms with Gasteiger partial charge in [-0.3, -0.25) is 9.59 Å². The highest BCUT2D eigenvalue weighted by Gasteiger charge is 2.32. The van der Waals surface area contributed by atoms with Crippen molar-refractivity contribution < 1.29 is 28.9 Å². The van der Waals surface area contributed by atoms with Crippen molar-refractivity contribution in [3.05, 3.63) is 23.8 Å². The van der Waals surface area contributed by atoms with E-state index in [4.69, 9.17) is 19.9 Å². The molecule has 10 heteroatoms. The molecule has 5 atom stereocenters. The van der Waals surface area contributed by atoms with Crippen molar-refractivity contribution in [1.82, 2.24) is 10.2 Å². The standard InChI is InChI=1S/C33H59N3O6.ClH/c1-21(2)25(16-24-12-13-30(41-10)31(17-24)42-15-11-14-40-9)18-27(34)29(37)19-26(22(3)4)33(39)35-28(23(5)6)20-32(38)36(7)8;/h12-13,17,21-23,25-29,37H,11,14-16,18-20,34H2,1-10H3,(H,35,39);1H/t25-,26-,27-,28+,29-;/m0./s1. The number of nitrogens with one attached hydrogen (secondary N) is 1. The average Bonchev–Trinajstić information content (AvgIpc) is 2.92. The van der Waals surface area contributed by atoms with Gasteiger partial charge in [0.25, 0.3) is 0 Å². The van der Waals surface area contributed by atoms with Gasteiger partial charge < -0.3 is 35.3 Å². The van der Waals surface area contributed by atoms with Gasteiger partial charge in [-0.25, -0.2) is 0 Å². The number of hydrogen-bond acceptors (Lipinski definition) is 7. The Bertz CT molecular complexity index is 943. The maximum Gasteiger partial charge on any atom is 0.224 e. The van der Waals surface area contributed by atoms with Gasteiger partial charge in [0, 0.05) is 58.7 Å². The van der Waals surface area contributed by atoms with Gasteiger partial charge in [0.05, 0.1) is 19.8 Å². The molecular formula is C33H60ClN3O6. The molecule has 0 aromatic heterocycles. The summed E-state index contributed by atoms with van der Waals surface area (Å²) in [5, 5.41) is 14.3. The zero-order valence-electron chi connectivity index (χ0n) is 28.2. The number of nitrogens with zero attached hydrogens (tertiary/aromatic N) is 1. The molecule has 0 fully saturated rings. The van der Waals surface area contributed by atoms with E-state index < -0.39 is 18.1 Å². The van der Waals surface area contributed by atoms with E-state index in [1.54, 1.807) is 28.3 Å². The number of nitrogens with two attached hydrogens (primary N) is 1. The Hall–Kier alpha value is -2.07. The van der Waals surface area contributed by atoms with Crippen molar-refractivity contribution in [2.24, 2.45) is 35.3 Å². The quantitative estimate of drug-likeness (QED) is 0.179. The van der Waals surface area contributed by atoms with E-state index >= 15 is 0 Å². The Balaban J connectivity index is 0.0000176. The maximum atomic E-state index is 13.4. The Kier molecular flexibility index (Phi) is 19.8. The van der Waals surface area contributed by atoms with Crippen LogP contribution in [0.4, 0.5) is 0 Å². The second-order valence-electron chi connectivity index (χ2n) is 12.8. The first kappa shape index (κ1) is 40.9. The molecule has 2 amide bonds. The Labute approximate surface area is 267 Å². The number of aliphatic hydroxyl groups is 1. The van der Waals surface area contributed by atoms with Gasteiger partial charge in [-0.15, -0.1) is 12.4 Å². The lowest BCUT2D eigenvalue weighted by Gasteiger charge is -2.31. The van der Waals surface area contributed by atoms with Crippen LogP contribution < -0.4 is 20.5 Å². The minimum absolute atomic E-state index is 0. The van der Waals surface area contributed by atoms with Crippen LogP contribution in [-0.2, 0) is 20.7 Å². The van der Waals surface area contributed by atoms with E-state index in [-0.39, 0.29) is 60.9 Å². The summed E-state index contributed by atoms with van der Waals surface area (Å²) in [4.78, 5) is 27.2. The Morgan fingerprint density at radius 1 is 0.953 bits per heavy atom. The van der Waals surface area contributed by atoms with Gasteiger partial charge in [-0.2, -0.15) is 0 Å². The van der Waals surface area contributed by atoms with Crippen LogP contribution in [0.5, 0.6) is 11.5 Å². The van der Waals surface area contributed by atoms with E-state index in [0.717, 1.165) is 18.4 Å². The van der Waals surface area contributed by atoms with Crippen molar-refractivity contribution in [2.45, 2.75) is 91.8 Å². The molecule has 0 spiro atoms. The van der Waals surface area contributed by atoms with Gasteiger partial charge >= 0.3 is 0 Å². The van der Waals surface area contributed by atoms with Gasteiger partial charge in [0.15, 0.2) is 11.5 Å². The fourth-order valence-electron chi connectivity index (χ4n) is 4.98. The molecule has 0 unspecified atom stereocenters. The number of hydrogen-bond donors (Lipinski definition) is 3. The monoisotopic (exact) mass is 629 g/mol. The van der Waals surface area contributed by atoms with Crippen LogP contribution in [0, 0.1) is 29.6 Å². The predicted molar refractivity (Wildman–Crippen MR) is 176 cm³/mol. The van der Waals surface area contributed by atoms with Crippen LogP contribution in [0.2, 0.25) is 0 Å². The highest BCUT2D eigenvalue weighted by Crippen LogP contribution is 2.32. The lowest BCUT2D eigenvalue weighted by atomic mass is 9.80. The summed E-state index contributed by atoms with van der Waals surface area (Å²) in [7, 11) is 6.73. The first-order valence-electron chi connectivity index (χ1n) is 15.4. The SMILES string of the molecule is COCCCOc1cc(C[C@@H](C[C@H](N)[C@@H](O)C[C@H](C(=O)N[C@H](CC(=O)N(C)C)C(C)C)C(C)C)C(C)C)ccc1OC.Cl. The molecule has 9 nitrogen and oxygen atoms in total. The molecule has 0 aliphatic rings. The number of carbonyl (C=O) groups excluding carboxylic acids is 2. The van der Waals surface area contributed by atoms with Crippen LogP contribution >= 0.6 is 12.4 Å². The highest BCUT2D eigenvalue weighted by atomic mass is 35.5. The third-order valence-electron chi connectivity index (χ3n) is 8.15. The number of halogens is 1. The van der Waals surface area contributed by atoms with Crippen LogP contribution in [0.15, 0.2) is 18.2 Å². The summed E-state index contributed by atoms with van der Waals surface area (Å²) in [5.41, 5.74) is 7.70. The van der Waals surface area contributed by atoms with Crippen LogP contribution in [0.25, 0.3) is 0 Å². The fraction of sp³-hybridized carbons (Fsp3) is 0.758. The van der Waals surface area contributed by atoms with Crippen LogP contribution in [0.1, 0.15) is 72.8 Å². The van der Waals surface area contributed by atoms with E-state index in [0.29, 0.717) is 37.1 Å². The fourth-order valence-corrected chi connectivity index (χ4v) is 4.98. The third kappa shape index (κ3) is 14.5. The van der Waals surface area contributed by atoms with Crippen molar-refractivity contribution in [3.63, 3.8) is 0 Å². The van der Waals surface area contributed by atoms with E-state index in [1.165, 1.54) is 4.90 Å². The van der Waals surface area contributed by atoms with Gasteiger partial charge in [-0.05, 0) is 60.6 Å². The summed E-state index contributed by atoms with van der Waals surface area (Å²) in [6.07, 6.45) is 1.86. The molecular weight excluding hydrogens is 570 g/mol. The lowest BCUT2D eigenvalue weighted by molar-refractivity contribution is -0.131. The second-order valence-corrected chi connectivity index (χ2v) is 12.8. The zero-order chi connectivity index (χ0) is 32.0. The number of aliphatic hydroxyl groups excluding tert-OH is 1. The minimum atomic E-state index is -0.833. The number of benzene rings is 1. The van der Waals surface area contributed by atoms with Crippen molar-refractivity contribution in [1.29, 1.82) is 0 Å². The number of ether oxygens (including phenoxy) is 3. The van der Waals surface area contributed by atoms with Crippen LogP contribution in [-0.4, -0.2) is 81.5 Å². The molecule has 1 aromatic rings. The molecule has 0 saturated carbocycles. The van der Waals surface area contributed by atoms with Gasteiger partial charge in [-0.1, -0.05) is 47.6 Å². The number of rotatable bonds is 20. The average molecular weight is 630 g/mol. The van der Waals surface area contributed by atoms with Crippen molar-refractivity contribution in [2.75, 3.05) is 41.5 Å². The van der Waals surface area contributed by atoms with E-state index in [9.17, 15) is 14.7 Å². The second kappa shape index (κ2) is 20.8. The lowest BCUT2D eigenvalue weighted by Crippen LogP contribution is -2.47. The summed E-state index contributed by atoms with van der Waals surface area (Å²) < 4.78 is 16.6. The molecule has 250 valence electrons. The highest BCUT2D eigenvalue weighted by molar-refractivity contribution is 5.85. The number of amides is 2. The number of methoxy groups -OCH3 is 2. The molecule has 0 saturated heterocycles. The zero-order valence-corrected chi connectivity index (χ0v) is 29.0. The summed E-state index contributed by atoms with van der Waals surface area (Å²) in [5.74, 6) is 1.46. The third-order valence-corrected chi connectivity index (χ3v) is 8.15. The first-order chi connectivity index (χ1) is 19.7. The molecule has 43 heavy (non-hydrogen) atoms.